The lowest BCUT2D eigenvalue weighted by molar-refractivity contribution is 0.00762. The molecule has 76 valence electrons. The third-order valence-electron chi connectivity index (χ3n) is 2.23. The molecule has 0 spiro atoms. The molecule has 0 bridgehead atoms. The zero-order valence-electron chi connectivity index (χ0n) is 7.59. The zero-order chi connectivity index (χ0) is 9.97. The topological polar surface area (TPSA) is 21.3 Å². The smallest absolute Gasteiger partial charge is 0.0828 e. The van der Waals surface area contributed by atoms with Gasteiger partial charge >= 0.3 is 0 Å². The molecule has 1 N–H and O–H groups in total. The fraction of sp³-hybridized carbons (Fsp3) is 0.400. The van der Waals surface area contributed by atoms with Crippen LogP contribution in [0.3, 0.4) is 0 Å². The van der Waals surface area contributed by atoms with Crippen molar-refractivity contribution in [2.45, 2.75) is 12.7 Å². The summed E-state index contributed by atoms with van der Waals surface area (Å²) in [5.74, 6) is 0. The monoisotopic (exact) mass is 231 g/mol. The van der Waals surface area contributed by atoms with Crippen LogP contribution in [0.2, 0.25) is 10.0 Å². The Kier molecular flexibility index (Phi) is 3.29. The van der Waals surface area contributed by atoms with E-state index >= 15 is 0 Å². The number of hydrogen-bond donors (Lipinski definition) is 1. The van der Waals surface area contributed by atoms with Gasteiger partial charge in [-0.05, 0) is 23.8 Å². The standard InChI is InChI=1S/C10H11Cl2NO/c11-8-1-2-10(12)7(3-8)6-14-9-4-13-5-9/h1-3,9,13H,4-6H2. The van der Waals surface area contributed by atoms with Crippen molar-refractivity contribution >= 4 is 23.2 Å². The maximum atomic E-state index is 5.99. The lowest BCUT2D eigenvalue weighted by Gasteiger charge is -2.27. The Morgan fingerprint density at radius 2 is 2.14 bits per heavy atom. The van der Waals surface area contributed by atoms with Crippen molar-refractivity contribution < 1.29 is 4.74 Å². The lowest BCUT2D eigenvalue weighted by Crippen LogP contribution is -2.48. The van der Waals surface area contributed by atoms with Gasteiger partial charge in [-0.25, -0.2) is 0 Å². The van der Waals surface area contributed by atoms with Crippen LogP contribution in [0.5, 0.6) is 0 Å². The Morgan fingerprint density at radius 1 is 1.36 bits per heavy atom. The highest BCUT2D eigenvalue weighted by molar-refractivity contribution is 6.33. The van der Waals surface area contributed by atoms with Gasteiger partial charge in [0.15, 0.2) is 0 Å². The number of hydrogen-bond acceptors (Lipinski definition) is 2. The van der Waals surface area contributed by atoms with Gasteiger partial charge in [-0.15, -0.1) is 0 Å². The largest absolute Gasteiger partial charge is 0.371 e. The third-order valence-corrected chi connectivity index (χ3v) is 2.83. The second kappa shape index (κ2) is 4.49. The molecule has 4 heteroatoms. The molecule has 0 atom stereocenters. The molecule has 0 amide bonds. The summed E-state index contributed by atoms with van der Waals surface area (Å²) < 4.78 is 5.59. The quantitative estimate of drug-likeness (QED) is 0.864. The van der Waals surface area contributed by atoms with Gasteiger partial charge in [-0.3, -0.25) is 0 Å². The van der Waals surface area contributed by atoms with E-state index in [1.54, 1.807) is 12.1 Å². The fourth-order valence-corrected chi connectivity index (χ4v) is 1.61. The molecule has 1 aliphatic rings. The minimum absolute atomic E-state index is 0.324. The van der Waals surface area contributed by atoms with Crippen LogP contribution in [0.1, 0.15) is 5.56 Å². The van der Waals surface area contributed by atoms with Crippen molar-refractivity contribution in [1.29, 1.82) is 0 Å². The van der Waals surface area contributed by atoms with Crippen LogP contribution >= 0.6 is 23.2 Å². The minimum atomic E-state index is 0.324. The van der Waals surface area contributed by atoms with Crippen LogP contribution in [-0.2, 0) is 11.3 Å². The van der Waals surface area contributed by atoms with Gasteiger partial charge in [0.05, 0.1) is 12.7 Å². The molecular weight excluding hydrogens is 221 g/mol. The third kappa shape index (κ3) is 2.39. The van der Waals surface area contributed by atoms with Gasteiger partial charge in [0.2, 0.25) is 0 Å². The zero-order valence-corrected chi connectivity index (χ0v) is 9.11. The summed E-state index contributed by atoms with van der Waals surface area (Å²) in [6.45, 7) is 2.39. The summed E-state index contributed by atoms with van der Waals surface area (Å²) in [5.41, 5.74) is 0.950. The molecular formula is C10H11Cl2NO. The van der Waals surface area contributed by atoms with Crippen LogP contribution in [-0.4, -0.2) is 19.2 Å². The summed E-state index contributed by atoms with van der Waals surface area (Å²) in [6.07, 6.45) is 0.324. The molecule has 0 aromatic heterocycles. The first-order valence-electron chi connectivity index (χ1n) is 4.52. The number of rotatable bonds is 3. The van der Waals surface area contributed by atoms with Crippen molar-refractivity contribution in [3.05, 3.63) is 33.8 Å². The molecule has 2 rings (SSSR count). The molecule has 14 heavy (non-hydrogen) atoms. The van der Waals surface area contributed by atoms with Crippen LogP contribution in [0.4, 0.5) is 0 Å². The summed E-state index contributed by atoms with van der Waals surface area (Å²) in [4.78, 5) is 0. The average Bonchev–Trinajstić information content (AvgIpc) is 2.08. The Labute approximate surface area is 93.2 Å². The highest BCUT2D eigenvalue weighted by Crippen LogP contribution is 2.21. The molecule has 1 aromatic carbocycles. The van der Waals surface area contributed by atoms with E-state index in [0.717, 1.165) is 18.7 Å². The molecule has 0 aliphatic carbocycles. The van der Waals surface area contributed by atoms with Gasteiger partial charge in [-0.1, -0.05) is 23.2 Å². The Balaban J connectivity index is 1.96. The Bertz CT molecular complexity index is 326. The summed E-state index contributed by atoms with van der Waals surface area (Å²) in [6, 6.07) is 5.41. The molecule has 0 radical (unpaired) electrons. The van der Waals surface area contributed by atoms with Crippen molar-refractivity contribution in [1.82, 2.24) is 5.32 Å². The van der Waals surface area contributed by atoms with Gasteiger partial charge in [-0.2, -0.15) is 0 Å². The van der Waals surface area contributed by atoms with E-state index in [2.05, 4.69) is 5.32 Å². The molecule has 1 fully saturated rings. The van der Waals surface area contributed by atoms with Crippen LogP contribution in [0.15, 0.2) is 18.2 Å². The highest BCUT2D eigenvalue weighted by atomic mass is 35.5. The summed E-state index contributed by atoms with van der Waals surface area (Å²) in [7, 11) is 0. The molecule has 1 aromatic rings. The first-order valence-corrected chi connectivity index (χ1v) is 5.27. The van der Waals surface area contributed by atoms with E-state index in [-0.39, 0.29) is 0 Å². The Hall–Kier alpha value is -0.280. The van der Waals surface area contributed by atoms with Crippen molar-refractivity contribution in [2.75, 3.05) is 13.1 Å². The predicted octanol–water partition coefficient (Wildman–Crippen LogP) is 2.48. The summed E-state index contributed by atoms with van der Waals surface area (Å²) in [5, 5.41) is 4.54. The second-order valence-electron chi connectivity index (χ2n) is 3.33. The van der Waals surface area contributed by atoms with E-state index in [0.29, 0.717) is 22.8 Å². The predicted molar refractivity (Wildman–Crippen MR) is 57.9 cm³/mol. The SMILES string of the molecule is Clc1ccc(Cl)c(COC2CNC2)c1. The molecule has 1 aliphatic heterocycles. The van der Waals surface area contributed by atoms with Gasteiger partial charge in [0.1, 0.15) is 0 Å². The lowest BCUT2D eigenvalue weighted by atomic mass is 10.2. The van der Waals surface area contributed by atoms with E-state index in [4.69, 9.17) is 27.9 Å². The molecule has 0 unspecified atom stereocenters. The molecule has 2 nitrogen and oxygen atoms in total. The van der Waals surface area contributed by atoms with Gasteiger partial charge in [0, 0.05) is 23.1 Å². The van der Waals surface area contributed by atoms with E-state index in [9.17, 15) is 0 Å². The van der Waals surface area contributed by atoms with E-state index < -0.39 is 0 Å². The average molecular weight is 232 g/mol. The second-order valence-corrected chi connectivity index (χ2v) is 4.17. The number of ether oxygens (including phenoxy) is 1. The first kappa shape index (κ1) is 10.2. The normalized spacial score (nSPS) is 16.7. The van der Waals surface area contributed by atoms with Crippen molar-refractivity contribution in [3.63, 3.8) is 0 Å². The molecule has 0 saturated carbocycles. The molecule has 1 heterocycles. The minimum Gasteiger partial charge on any atom is -0.371 e. The van der Waals surface area contributed by atoms with Crippen LogP contribution in [0, 0.1) is 0 Å². The van der Waals surface area contributed by atoms with Crippen molar-refractivity contribution in [3.8, 4) is 0 Å². The van der Waals surface area contributed by atoms with Crippen molar-refractivity contribution in [2.24, 2.45) is 0 Å². The maximum Gasteiger partial charge on any atom is 0.0828 e. The highest BCUT2D eigenvalue weighted by Gasteiger charge is 2.17. The molecule has 1 saturated heterocycles. The number of nitrogens with one attached hydrogen (secondary N) is 1. The number of halogens is 2. The van der Waals surface area contributed by atoms with Crippen LogP contribution in [0.25, 0.3) is 0 Å². The fourth-order valence-electron chi connectivity index (χ4n) is 1.24. The van der Waals surface area contributed by atoms with Gasteiger partial charge < -0.3 is 10.1 Å². The van der Waals surface area contributed by atoms with E-state index in [1.165, 1.54) is 0 Å². The summed E-state index contributed by atoms with van der Waals surface area (Å²) >= 11 is 11.8. The first-order chi connectivity index (χ1) is 6.75. The van der Waals surface area contributed by atoms with Crippen LogP contribution < -0.4 is 5.32 Å². The van der Waals surface area contributed by atoms with Gasteiger partial charge in [0.25, 0.3) is 0 Å². The Morgan fingerprint density at radius 3 is 2.79 bits per heavy atom. The van der Waals surface area contributed by atoms with E-state index in [1.807, 2.05) is 6.07 Å². The number of benzene rings is 1. The maximum absolute atomic E-state index is 5.99.